The first-order valence-electron chi connectivity index (χ1n) is 10.0. The minimum absolute atomic E-state index is 0.123. The van der Waals surface area contributed by atoms with E-state index in [1.54, 1.807) is 24.3 Å². The normalized spacial score (nSPS) is 13.9. The number of halogens is 1. The van der Waals surface area contributed by atoms with Gasteiger partial charge in [-0.15, -0.1) is 0 Å². The highest BCUT2D eigenvalue weighted by molar-refractivity contribution is 6.32. The SMILES string of the molecule is CCc1cc2oc(=O)cc(COC(=O)c3ccc(N4NC(=O)CCC4=O)cc3)c2cc1Cl. The fraction of sp³-hybridized carbons (Fsp3) is 0.217. The summed E-state index contributed by atoms with van der Waals surface area (Å²) in [4.78, 5) is 48.0. The molecule has 0 bridgehead atoms. The van der Waals surface area contributed by atoms with Gasteiger partial charge in [0.25, 0.3) is 0 Å². The lowest BCUT2D eigenvalue weighted by Gasteiger charge is -2.27. The summed E-state index contributed by atoms with van der Waals surface area (Å²) in [5.41, 5.74) is 4.34. The number of rotatable bonds is 5. The highest BCUT2D eigenvalue weighted by atomic mass is 35.5. The molecule has 1 fully saturated rings. The van der Waals surface area contributed by atoms with Gasteiger partial charge in [-0.2, -0.15) is 0 Å². The highest BCUT2D eigenvalue weighted by Gasteiger charge is 2.24. The van der Waals surface area contributed by atoms with Gasteiger partial charge in [0.05, 0.1) is 11.3 Å². The molecule has 0 radical (unpaired) electrons. The van der Waals surface area contributed by atoms with Crippen LogP contribution in [0.4, 0.5) is 5.69 Å². The number of hydrazine groups is 1. The van der Waals surface area contributed by atoms with Crippen LogP contribution in [0.1, 0.15) is 41.3 Å². The number of hydrogen-bond donors (Lipinski definition) is 1. The van der Waals surface area contributed by atoms with Gasteiger partial charge in [-0.25, -0.2) is 14.6 Å². The lowest BCUT2D eigenvalue weighted by Crippen LogP contribution is -2.50. The van der Waals surface area contributed by atoms with Crippen molar-refractivity contribution in [1.29, 1.82) is 0 Å². The summed E-state index contributed by atoms with van der Waals surface area (Å²) in [6, 6.07) is 10.7. The first-order chi connectivity index (χ1) is 15.4. The van der Waals surface area contributed by atoms with Crippen LogP contribution < -0.4 is 16.1 Å². The smallest absolute Gasteiger partial charge is 0.338 e. The van der Waals surface area contributed by atoms with Crippen molar-refractivity contribution in [2.45, 2.75) is 32.8 Å². The Hall–Kier alpha value is -3.65. The van der Waals surface area contributed by atoms with Crippen molar-refractivity contribution in [2.75, 3.05) is 5.01 Å². The Balaban J connectivity index is 1.51. The molecule has 2 amide bonds. The molecule has 9 heteroatoms. The van der Waals surface area contributed by atoms with Gasteiger partial charge in [0.1, 0.15) is 12.2 Å². The number of nitrogens with zero attached hydrogens (tertiary/aromatic N) is 1. The van der Waals surface area contributed by atoms with Crippen LogP contribution in [-0.2, 0) is 27.4 Å². The van der Waals surface area contributed by atoms with Gasteiger partial charge in [-0.1, -0.05) is 18.5 Å². The van der Waals surface area contributed by atoms with Crippen molar-refractivity contribution in [3.63, 3.8) is 0 Å². The van der Waals surface area contributed by atoms with Gasteiger partial charge in [0.2, 0.25) is 11.8 Å². The first kappa shape index (κ1) is 21.6. The van der Waals surface area contributed by atoms with Gasteiger partial charge in [0.15, 0.2) is 0 Å². The van der Waals surface area contributed by atoms with Crippen LogP contribution in [0.3, 0.4) is 0 Å². The van der Waals surface area contributed by atoms with Gasteiger partial charge in [-0.3, -0.25) is 15.0 Å². The number of benzene rings is 2. The van der Waals surface area contributed by atoms with E-state index in [-0.39, 0.29) is 36.8 Å². The molecule has 0 spiro atoms. The second-order valence-corrected chi connectivity index (χ2v) is 7.68. The van der Waals surface area contributed by atoms with E-state index >= 15 is 0 Å². The summed E-state index contributed by atoms with van der Waals surface area (Å²) < 4.78 is 10.6. The number of hydrogen-bond acceptors (Lipinski definition) is 6. The van der Waals surface area contributed by atoms with Gasteiger partial charge in [0, 0.05) is 34.9 Å². The summed E-state index contributed by atoms with van der Waals surface area (Å²) in [5, 5.41) is 2.29. The third kappa shape index (κ3) is 4.36. The van der Waals surface area contributed by atoms with E-state index in [0.29, 0.717) is 33.7 Å². The molecule has 3 aromatic rings. The number of aryl methyl sites for hydroxylation is 1. The van der Waals surface area contributed by atoms with Gasteiger partial charge in [-0.05, 0) is 48.4 Å². The predicted octanol–water partition coefficient (Wildman–Crippen LogP) is 3.52. The summed E-state index contributed by atoms with van der Waals surface area (Å²) in [6.45, 7) is 1.79. The quantitative estimate of drug-likeness (QED) is 0.467. The van der Waals surface area contributed by atoms with E-state index in [1.165, 1.54) is 18.2 Å². The molecule has 0 aliphatic carbocycles. The molecule has 4 rings (SSSR count). The van der Waals surface area contributed by atoms with Crippen LogP contribution >= 0.6 is 11.6 Å². The van der Waals surface area contributed by atoms with Crippen molar-refractivity contribution in [2.24, 2.45) is 0 Å². The molecule has 32 heavy (non-hydrogen) atoms. The lowest BCUT2D eigenvalue weighted by molar-refractivity contribution is -0.130. The molecule has 0 unspecified atom stereocenters. The molecule has 164 valence electrons. The van der Waals surface area contributed by atoms with E-state index in [0.717, 1.165) is 10.6 Å². The molecule has 1 aromatic heterocycles. The van der Waals surface area contributed by atoms with E-state index < -0.39 is 11.6 Å². The third-order valence-electron chi connectivity index (χ3n) is 5.15. The standard InChI is InChI=1S/C23H19ClN2O6/c1-2-13-9-19-17(11-18(13)24)15(10-22(29)32-19)12-31-23(30)14-3-5-16(6-4-14)26-21(28)8-7-20(27)25-26/h3-6,9-11H,2,7-8,12H2,1H3,(H,25,27). The maximum atomic E-state index is 12.5. The van der Waals surface area contributed by atoms with Crippen LogP contribution in [0.5, 0.6) is 0 Å². The van der Waals surface area contributed by atoms with Crippen LogP contribution in [0.15, 0.2) is 51.7 Å². The number of carbonyl (C=O) groups excluding carboxylic acids is 3. The van der Waals surface area contributed by atoms with Crippen LogP contribution in [0.25, 0.3) is 11.0 Å². The number of amides is 2. The van der Waals surface area contributed by atoms with Crippen molar-refractivity contribution in [3.05, 3.63) is 74.6 Å². The Morgan fingerprint density at radius 2 is 1.84 bits per heavy atom. The van der Waals surface area contributed by atoms with E-state index in [2.05, 4.69) is 5.43 Å². The zero-order valence-corrected chi connectivity index (χ0v) is 17.9. The van der Waals surface area contributed by atoms with Gasteiger partial charge < -0.3 is 9.15 Å². The monoisotopic (exact) mass is 454 g/mol. The Morgan fingerprint density at radius 1 is 1.09 bits per heavy atom. The topological polar surface area (TPSA) is 106 Å². The maximum Gasteiger partial charge on any atom is 0.338 e. The molecule has 0 saturated carbocycles. The molecule has 1 saturated heterocycles. The molecule has 2 heterocycles. The van der Waals surface area contributed by atoms with Crippen LogP contribution in [0.2, 0.25) is 5.02 Å². The average molecular weight is 455 g/mol. The summed E-state index contributed by atoms with van der Waals surface area (Å²) in [7, 11) is 0. The second-order valence-electron chi connectivity index (χ2n) is 7.27. The minimum Gasteiger partial charge on any atom is -0.457 e. The average Bonchev–Trinajstić information content (AvgIpc) is 2.79. The fourth-order valence-electron chi connectivity index (χ4n) is 3.44. The summed E-state index contributed by atoms with van der Waals surface area (Å²) in [5.74, 6) is -1.10. The van der Waals surface area contributed by atoms with Gasteiger partial charge >= 0.3 is 11.6 Å². The molecule has 8 nitrogen and oxygen atoms in total. The Labute approximate surface area is 187 Å². The van der Waals surface area contributed by atoms with E-state index in [1.807, 2.05) is 6.92 Å². The zero-order chi connectivity index (χ0) is 22.8. The number of anilines is 1. The minimum atomic E-state index is -0.608. The molecule has 1 aliphatic rings. The number of carbonyl (C=O) groups is 3. The Bertz CT molecular complexity index is 1280. The van der Waals surface area contributed by atoms with Crippen LogP contribution in [-0.4, -0.2) is 17.8 Å². The fourth-order valence-corrected chi connectivity index (χ4v) is 3.73. The van der Waals surface area contributed by atoms with Crippen molar-refractivity contribution < 1.29 is 23.5 Å². The predicted molar refractivity (Wildman–Crippen MR) is 117 cm³/mol. The largest absolute Gasteiger partial charge is 0.457 e. The molecule has 2 aromatic carbocycles. The lowest BCUT2D eigenvalue weighted by atomic mass is 10.1. The Kier molecular flexibility index (Phi) is 5.96. The molecule has 0 atom stereocenters. The first-order valence-corrected chi connectivity index (χ1v) is 10.4. The Morgan fingerprint density at radius 3 is 2.56 bits per heavy atom. The van der Waals surface area contributed by atoms with E-state index in [9.17, 15) is 19.2 Å². The third-order valence-corrected chi connectivity index (χ3v) is 5.50. The number of esters is 1. The second kappa shape index (κ2) is 8.84. The van der Waals surface area contributed by atoms with E-state index in [4.69, 9.17) is 20.8 Å². The number of ether oxygens (including phenoxy) is 1. The van der Waals surface area contributed by atoms with Crippen molar-refractivity contribution >= 4 is 46.0 Å². The molecular weight excluding hydrogens is 436 g/mol. The number of nitrogens with one attached hydrogen (secondary N) is 1. The van der Waals surface area contributed by atoms with Crippen molar-refractivity contribution in [3.8, 4) is 0 Å². The van der Waals surface area contributed by atoms with Crippen LogP contribution in [0, 0.1) is 0 Å². The summed E-state index contributed by atoms with van der Waals surface area (Å²) in [6.07, 6.45) is 0.954. The molecular formula is C23H19ClN2O6. The van der Waals surface area contributed by atoms with Crippen molar-refractivity contribution in [1.82, 2.24) is 5.43 Å². The highest BCUT2D eigenvalue weighted by Crippen LogP contribution is 2.27. The molecule has 1 aliphatic heterocycles. The number of fused-ring (bicyclic) bond motifs is 1. The zero-order valence-electron chi connectivity index (χ0n) is 17.1. The molecule has 1 N–H and O–H groups in total. The maximum absolute atomic E-state index is 12.5. The summed E-state index contributed by atoms with van der Waals surface area (Å²) >= 11 is 6.29.